The summed E-state index contributed by atoms with van der Waals surface area (Å²) in [4.78, 5) is 11.4. The number of ether oxygens (including phenoxy) is 1. The number of thiazole rings is 1. The van der Waals surface area contributed by atoms with Crippen molar-refractivity contribution >= 4 is 32.5 Å². The van der Waals surface area contributed by atoms with Crippen molar-refractivity contribution in [1.82, 2.24) is 9.97 Å². The molecule has 0 radical (unpaired) electrons. The van der Waals surface area contributed by atoms with Crippen LogP contribution in [0.25, 0.3) is 10.2 Å². The molecule has 2 aromatic heterocycles. The fraction of sp³-hybridized carbons (Fsp3) is 0.294. The maximum absolute atomic E-state index is 5.37. The molecule has 0 unspecified atom stereocenters. The lowest BCUT2D eigenvalue weighted by Gasteiger charge is -2.27. The first kappa shape index (κ1) is 14.4. The number of pyridine rings is 1. The number of aromatic nitrogens is 2. The van der Waals surface area contributed by atoms with Gasteiger partial charge in [0, 0.05) is 25.8 Å². The van der Waals surface area contributed by atoms with Gasteiger partial charge in [0.25, 0.3) is 0 Å². The molecule has 0 saturated carbocycles. The third-order valence-corrected chi connectivity index (χ3v) is 4.88. The zero-order valence-electron chi connectivity index (χ0n) is 12.7. The monoisotopic (exact) mass is 326 g/mol. The first-order chi connectivity index (χ1) is 11.4. The summed E-state index contributed by atoms with van der Waals surface area (Å²) in [5.74, 6) is 1.03. The van der Waals surface area contributed by atoms with Crippen molar-refractivity contribution in [2.75, 3.05) is 36.5 Å². The zero-order chi connectivity index (χ0) is 15.5. The molecule has 0 spiro atoms. The number of morpholine rings is 1. The molecule has 4 rings (SSSR count). The van der Waals surface area contributed by atoms with Gasteiger partial charge >= 0.3 is 0 Å². The number of hydrogen-bond donors (Lipinski definition) is 1. The molecule has 0 amide bonds. The first-order valence-electron chi connectivity index (χ1n) is 7.75. The lowest BCUT2D eigenvalue weighted by Crippen LogP contribution is -2.36. The molecule has 0 bridgehead atoms. The van der Waals surface area contributed by atoms with Crippen molar-refractivity contribution in [1.29, 1.82) is 0 Å². The molecule has 5 nitrogen and oxygen atoms in total. The summed E-state index contributed by atoms with van der Waals surface area (Å²) < 4.78 is 6.58. The van der Waals surface area contributed by atoms with E-state index in [0.29, 0.717) is 0 Å². The molecule has 6 heteroatoms. The summed E-state index contributed by atoms with van der Waals surface area (Å²) in [6.45, 7) is 4.12. The van der Waals surface area contributed by atoms with Gasteiger partial charge in [0.05, 0.1) is 23.4 Å². The van der Waals surface area contributed by atoms with Gasteiger partial charge in [-0.15, -0.1) is 0 Å². The van der Waals surface area contributed by atoms with Crippen LogP contribution >= 0.6 is 11.3 Å². The van der Waals surface area contributed by atoms with E-state index in [1.54, 1.807) is 11.3 Å². The van der Waals surface area contributed by atoms with E-state index < -0.39 is 0 Å². The third-order valence-electron chi connectivity index (χ3n) is 3.88. The molecule has 118 valence electrons. The first-order valence-corrected chi connectivity index (χ1v) is 8.57. The van der Waals surface area contributed by atoms with Gasteiger partial charge in [-0.05, 0) is 23.8 Å². The Labute approximate surface area is 138 Å². The lowest BCUT2D eigenvalue weighted by molar-refractivity contribution is 0.122. The summed E-state index contributed by atoms with van der Waals surface area (Å²) in [7, 11) is 0. The van der Waals surface area contributed by atoms with Crippen LogP contribution in [0, 0.1) is 0 Å². The number of benzene rings is 1. The average Bonchev–Trinajstić information content (AvgIpc) is 3.04. The van der Waals surface area contributed by atoms with Crippen molar-refractivity contribution < 1.29 is 4.74 Å². The minimum Gasteiger partial charge on any atom is -0.378 e. The Balaban J connectivity index is 1.40. The Morgan fingerprint density at radius 3 is 2.78 bits per heavy atom. The van der Waals surface area contributed by atoms with E-state index in [9.17, 15) is 0 Å². The summed E-state index contributed by atoms with van der Waals surface area (Å²) in [6.07, 6.45) is 1.94. The van der Waals surface area contributed by atoms with Gasteiger partial charge in [0.1, 0.15) is 5.82 Å². The molecule has 1 saturated heterocycles. The van der Waals surface area contributed by atoms with E-state index in [0.717, 1.165) is 54.9 Å². The Morgan fingerprint density at radius 1 is 1.13 bits per heavy atom. The van der Waals surface area contributed by atoms with Crippen molar-refractivity contribution in [2.24, 2.45) is 0 Å². The molecular weight excluding hydrogens is 308 g/mol. The minimum absolute atomic E-state index is 0.732. The van der Waals surface area contributed by atoms with E-state index in [-0.39, 0.29) is 0 Å². The van der Waals surface area contributed by atoms with Crippen molar-refractivity contribution in [2.45, 2.75) is 6.54 Å². The maximum Gasteiger partial charge on any atom is 0.184 e. The van der Waals surface area contributed by atoms with Crippen LogP contribution in [0.5, 0.6) is 0 Å². The molecular formula is C17H18N4OS. The predicted molar refractivity (Wildman–Crippen MR) is 94.2 cm³/mol. The number of hydrogen-bond acceptors (Lipinski definition) is 6. The van der Waals surface area contributed by atoms with Crippen LogP contribution in [0.2, 0.25) is 0 Å². The van der Waals surface area contributed by atoms with E-state index in [1.165, 1.54) is 4.70 Å². The molecule has 1 fully saturated rings. The highest BCUT2D eigenvalue weighted by molar-refractivity contribution is 7.22. The number of anilines is 2. The molecule has 1 aliphatic heterocycles. The molecule has 1 N–H and O–H groups in total. The van der Waals surface area contributed by atoms with Gasteiger partial charge in [0.15, 0.2) is 5.13 Å². The number of fused-ring (bicyclic) bond motifs is 1. The number of nitrogens with one attached hydrogen (secondary N) is 1. The largest absolute Gasteiger partial charge is 0.378 e. The molecule has 3 heterocycles. The topological polar surface area (TPSA) is 50.3 Å². The van der Waals surface area contributed by atoms with Crippen LogP contribution in [-0.2, 0) is 11.3 Å². The minimum atomic E-state index is 0.732. The summed E-state index contributed by atoms with van der Waals surface area (Å²) in [6, 6.07) is 12.4. The quantitative estimate of drug-likeness (QED) is 0.798. The standard InChI is InChI=1S/C17H18N4OS/c1-2-4-15-14(3-1)20-17(23-15)19-12-13-5-6-16(18-11-13)21-7-9-22-10-8-21/h1-6,11H,7-10,12H2,(H,19,20). The van der Waals surface area contributed by atoms with Crippen molar-refractivity contribution in [3.05, 3.63) is 48.2 Å². The Kier molecular flexibility index (Phi) is 4.08. The second-order valence-electron chi connectivity index (χ2n) is 5.46. The molecule has 0 atom stereocenters. The predicted octanol–water partition coefficient (Wildman–Crippen LogP) is 3.14. The molecule has 0 aliphatic carbocycles. The molecule has 3 aromatic rings. The van der Waals surface area contributed by atoms with Crippen molar-refractivity contribution in [3.8, 4) is 0 Å². The Morgan fingerprint density at radius 2 is 2.00 bits per heavy atom. The van der Waals surface area contributed by atoms with Gasteiger partial charge in [0.2, 0.25) is 0 Å². The summed E-state index contributed by atoms with van der Waals surface area (Å²) in [5.41, 5.74) is 2.20. The van der Waals surface area contributed by atoms with Crippen molar-refractivity contribution in [3.63, 3.8) is 0 Å². The third kappa shape index (κ3) is 3.28. The fourth-order valence-electron chi connectivity index (χ4n) is 2.63. The van der Waals surface area contributed by atoms with E-state index in [4.69, 9.17) is 4.74 Å². The van der Waals surface area contributed by atoms with Gasteiger partial charge in [-0.25, -0.2) is 9.97 Å². The second-order valence-corrected chi connectivity index (χ2v) is 6.50. The smallest absolute Gasteiger partial charge is 0.184 e. The summed E-state index contributed by atoms with van der Waals surface area (Å²) in [5, 5.41) is 4.33. The second kappa shape index (κ2) is 6.52. The SMILES string of the molecule is c1ccc2sc(NCc3ccc(N4CCOCC4)nc3)nc2c1. The molecule has 1 aliphatic rings. The molecule has 1 aromatic carbocycles. The van der Waals surface area contributed by atoms with Crippen LogP contribution in [0.3, 0.4) is 0 Å². The van der Waals surface area contributed by atoms with Gasteiger partial charge in [-0.2, -0.15) is 0 Å². The van der Waals surface area contributed by atoms with Crippen LogP contribution in [-0.4, -0.2) is 36.3 Å². The highest BCUT2D eigenvalue weighted by atomic mass is 32.1. The zero-order valence-corrected chi connectivity index (χ0v) is 13.6. The van der Waals surface area contributed by atoms with Gasteiger partial charge < -0.3 is 15.0 Å². The highest BCUT2D eigenvalue weighted by Crippen LogP contribution is 2.25. The van der Waals surface area contributed by atoms with Crippen LogP contribution in [0.4, 0.5) is 10.9 Å². The number of rotatable bonds is 4. The van der Waals surface area contributed by atoms with Gasteiger partial charge in [-0.1, -0.05) is 29.5 Å². The number of para-hydroxylation sites is 1. The van der Waals surface area contributed by atoms with Crippen LogP contribution < -0.4 is 10.2 Å². The Bertz CT molecular complexity index is 748. The average molecular weight is 326 g/mol. The molecule has 23 heavy (non-hydrogen) atoms. The van der Waals surface area contributed by atoms with Crippen LogP contribution in [0.1, 0.15) is 5.56 Å². The Hall–Kier alpha value is -2.18. The maximum atomic E-state index is 5.37. The van der Waals surface area contributed by atoms with Crippen LogP contribution in [0.15, 0.2) is 42.6 Å². The van der Waals surface area contributed by atoms with E-state index in [2.05, 4.69) is 38.4 Å². The normalized spacial score (nSPS) is 15.0. The highest BCUT2D eigenvalue weighted by Gasteiger charge is 2.12. The lowest BCUT2D eigenvalue weighted by atomic mass is 10.2. The fourth-order valence-corrected chi connectivity index (χ4v) is 3.49. The van der Waals surface area contributed by atoms with Gasteiger partial charge in [-0.3, -0.25) is 0 Å². The summed E-state index contributed by atoms with van der Waals surface area (Å²) >= 11 is 1.68. The number of nitrogens with zero attached hydrogens (tertiary/aromatic N) is 3. The van der Waals surface area contributed by atoms with E-state index >= 15 is 0 Å². The van der Waals surface area contributed by atoms with E-state index in [1.807, 2.05) is 24.4 Å².